The van der Waals surface area contributed by atoms with E-state index in [1.54, 1.807) is 18.2 Å². The molecule has 0 aromatic heterocycles. The molecule has 1 aliphatic carbocycles. The maximum absolute atomic E-state index is 14.8. The van der Waals surface area contributed by atoms with Gasteiger partial charge in [-0.15, -0.1) is 12.6 Å². The van der Waals surface area contributed by atoms with Crippen LogP contribution in [-0.4, -0.2) is 24.2 Å². The third-order valence-electron chi connectivity index (χ3n) is 7.92. The molecule has 206 valence electrons. The fourth-order valence-corrected chi connectivity index (χ4v) is 6.10. The monoisotopic (exact) mass is 555 g/mol. The minimum atomic E-state index is -0.977. The van der Waals surface area contributed by atoms with Crippen LogP contribution < -0.4 is 10.1 Å². The SMILES string of the molecule is Cc1cc(S)ccc1OCC(=O)O.Fc1cc(-c2ccc3c(c2)C2(CCCCC2)CN3)ccc1-c1ccccc1. The topological polar surface area (TPSA) is 58.6 Å². The van der Waals surface area contributed by atoms with E-state index in [2.05, 4.69) is 36.1 Å². The largest absolute Gasteiger partial charge is 0.482 e. The predicted molar refractivity (Wildman–Crippen MR) is 162 cm³/mol. The maximum atomic E-state index is 14.8. The molecule has 6 rings (SSSR count). The van der Waals surface area contributed by atoms with E-state index in [0.717, 1.165) is 33.7 Å². The minimum Gasteiger partial charge on any atom is -0.482 e. The number of anilines is 1. The Kier molecular flexibility index (Phi) is 8.46. The summed E-state index contributed by atoms with van der Waals surface area (Å²) in [7, 11) is 0. The molecular weight excluding hydrogens is 521 g/mol. The van der Waals surface area contributed by atoms with Crippen LogP contribution in [0, 0.1) is 12.7 Å². The highest BCUT2D eigenvalue weighted by Gasteiger charge is 2.39. The van der Waals surface area contributed by atoms with E-state index in [0.29, 0.717) is 11.3 Å². The summed E-state index contributed by atoms with van der Waals surface area (Å²) in [6.45, 7) is 2.58. The van der Waals surface area contributed by atoms with Crippen LogP contribution in [-0.2, 0) is 10.2 Å². The Morgan fingerprint density at radius 1 is 0.925 bits per heavy atom. The summed E-state index contributed by atoms with van der Waals surface area (Å²) in [5.41, 5.74) is 7.51. The van der Waals surface area contributed by atoms with Crippen molar-refractivity contribution in [3.8, 4) is 28.0 Å². The average Bonchev–Trinajstić information content (AvgIpc) is 3.30. The van der Waals surface area contributed by atoms with Crippen molar-refractivity contribution < 1.29 is 19.0 Å². The first kappa shape index (κ1) is 27.8. The molecule has 4 nitrogen and oxygen atoms in total. The first-order chi connectivity index (χ1) is 19.3. The van der Waals surface area contributed by atoms with Gasteiger partial charge in [0.1, 0.15) is 11.6 Å². The number of benzene rings is 4. The molecule has 0 radical (unpaired) electrons. The van der Waals surface area contributed by atoms with Crippen LogP contribution in [0.3, 0.4) is 0 Å². The molecule has 0 bridgehead atoms. The number of hydrogen-bond acceptors (Lipinski definition) is 4. The number of nitrogens with one attached hydrogen (secondary N) is 1. The Balaban J connectivity index is 0.000000210. The van der Waals surface area contributed by atoms with Crippen LogP contribution in [0.4, 0.5) is 10.1 Å². The molecule has 0 unspecified atom stereocenters. The van der Waals surface area contributed by atoms with Crippen molar-refractivity contribution in [2.24, 2.45) is 0 Å². The van der Waals surface area contributed by atoms with Crippen LogP contribution in [0.25, 0.3) is 22.3 Å². The molecule has 2 N–H and O–H groups in total. The maximum Gasteiger partial charge on any atom is 0.341 e. The molecule has 4 aromatic rings. The van der Waals surface area contributed by atoms with Gasteiger partial charge in [-0.25, -0.2) is 9.18 Å². The van der Waals surface area contributed by atoms with Gasteiger partial charge in [0.05, 0.1) is 0 Å². The van der Waals surface area contributed by atoms with Gasteiger partial charge in [0, 0.05) is 28.1 Å². The molecule has 0 amide bonds. The summed E-state index contributed by atoms with van der Waals surface area (Å²) in [4.78, 5) is 11.0. The summed E-state index contributed by atoms with van der Waals surface area (Å²) >= 11 is 4.14. The molecule has 0 saturated heterocycles. The normalized spacial score (nSPS) is 15.0. The Morgan fingerprint density at radius 2 is 1.65 bits per heavy atom. The molecule has 0 atom stereocenters. The number of aliphatic carboxylic acids is 1. The summed E-state index contributed by atoms with van der Waals surface area (Å²) in [5, 5.41) is 12.0. The second-order valence-corrected chi connectivity index (χ2v) is 11.2. The van der Waals surface area contributed by atoms with E-state index in [-0.39, 0.29) is 17.8 Å². The van der Waals surface area contributed by atoms with E-state index in [1.165, 1.54) is 43.4 Å². The average molecular weight is 556 g/mol. The number of rotatable bonds is 5. The lowest BCUT2D eigenvalue weighted by Crippen LogP contribution is -2.30. The van der Waals surface area contributed by atoms with E-state index in [9.17, 15) is 9.18 Å². The Morgan fingerprint density at radius 3 is 2.35 bits per heavy atom. The molecule has 1 spiro atoms. The summed E-state index contributed by atoms with van der Waals surface area (Å²) in [5.74, 6) is -0.556. The first-order valence-corrected chi connectivity index (χ1v) is 14.2. The standard InChI is InChI=1S/C25H24FN.C9H10O3S/c26-23-16-20(9-11-21(23)18-7-3-1-4-8-18)19-10-12-24-22(15-19)25(17-27-24)13-5-2-6-14-25;1-6-4-7(13)2-3-8(6)12-5-9(10)11/h1,3-4,7-12,15-16,27H,2,5-6,13-14,17H2;2-4,13H,5H2,1H3,(H,10,11). The number of halogens is 1. The fraction of sp³-hybridized carbons (Fsp3) is 0.265. The lowest BCUT2D eigenvalue weighted by Gasteiger charge is -2.33. The smallest absolute Gasteiger partial charge is 0.341 e. The van der Waals surface area contributed by atoms with Gasteiger partial charge >= 0.3 is 5.97 Å². The minimum absolute atomic E-state index is 0.162. The number of hydrogen-bond donors (Lipinski definition) is 3. The number of fused-ring (bicyclic) bond motifs is 2. The highest BCUT2D eigenvalue weighted by atomic mass is 32.1. The summed E-state index contributed by atoms with van der Waals surface area (Å²) in [6.07, 6.45) is 6.50. The molecule has 1 heterocycles. The lowest BCUT2D eigenvalue weighted by molar-refractivity contribution is -0.139. The van der Waals surface area contributed by atoms with Crippen LogP contribution in [0.1, 0.15) is 43.2 Å². The Hall–Kier alpha value is -3.77. The second kappa shape index (κ2) is 12.2. The molecule has 1 fully saturated rings. The van der Waals surface area contributed by atoms with Gasteiger partial charge in [-0.1, -0.05) is 67.8 Å². The number of carboxylic acids is 1. The lowest BCUT2D eigenvalue weighted by atomic mass is 9.70. The van der Waals surface area contributed by atoms with Crippen molar-refractivity contribution in [2.75, 3.05) is 18.5 Å². The van der Waals surface area contributed by atoms with Crippen molar-refractivity contribution in [1.29, 1.82) is 0 Å². The number of carboxylic acid groups (broad SMARTS) is 1. The Bertz CT molecular complexity index is 1490. The van der Waals surface area contributed by atoms with Crippen LogP contribution >= 0.6 is 12.6 Å². The van der Waals surface area contributed by atoms with E-state index >= 15 is 0 Å². The van der Waals surface area contributed by atoms with Crippen molar-refractivity contribution in [3.05, 3.63) is 102 Å². The quantitative estimate of drug-likeness (QED) is 0.216. The van der Waals surface area contributed by atoms with Crippen molar-refractivity contribution in [1.82, 2.24) is 0 Å². The molecule has 4 aromatic carbocycles. The number of aryl methyl sites for hydroxylation is 1. The highest BCUT2D eigenvalue weighted by Crippen LogP contribution is 2.47. The highest BCUT2D eigenvalue weighted by molar-refractivity contribution is 7.80. The van der Waals surface area contributed by atoms with Crippen molar-refractivity contribution >= 4 is 24.3 Å². The van der Waals surface area contributed by atoms with E-state index in [4.69, 9.17) is 9.84 Å². The van der Waals surface area contributed by atoms with Crippen LogP contribution in [0.5, 0.6) is 5.75 Å². The zero-order valence-electron chi connectivity index (χ0n) is 22.6. The summed E-state index contributed by atoms with van der Waals surface area (Å²) < 4.78 is 19.9. The molecule has 1 aliphatic heterocycles. The number of carbonyl (C=O) groups is 1. The van der Waals surface area contributed by atoms with Gasteiger partial charge in [-0.05, 0) is 84.0 Å². The van der Waals surface area contributed by atoms with Crippen molar-refractivity contribution in [2.45, 2.75) is 49.3 Å². The number of ether oxygens (including phenoxy) is 1. The van der Waals surface area contributed by atoms with Gasteiger partial charge in [0.25, 0.3) is 0 Å². The van der Waals surface area contributed by atoms with Crippen molar-refractivity contribution in [3.63, 3.8) is 0 Å². The summed E-state index contributed by atoms with van der Waals surface area (Å²) in [6, 6.07) is 27.3. The fourth-order valence-electron chi connectivity index (χ4n) is 5.83. The predicted octanol–water partition coefficient (Wildman–Crippen LogP) is 8.53. The van der Waals surface area contributed by atoms with Gasteiger partial charge in [0.2, 0.25) is 0 Å². The molecular formula is C34H34FNO3S. The first-order valence-electron chi connectivity index (χ1n) is 13.7. The van der Waals surface area contributed by atoms with Gasteiger partial charge < -0.3 is 15.2 Å². The zero-order valence-corrected chi connectivity index (χ0v) is 23.5. The second-order valence-electron chi connectivity index (χ2n) is 10.6. The van der Waals surface area contributed by atoms with E-state index in [1.807, 2.05) is 55.5 Å². The molecule has 40 heavy (non-hydrogen) atoms. The zero-order chi connectivity index (χ0) is 28.1. The van der Waals surface area contributed by atoms with Gasteiger partial charge in [-0.2, -0.15) is 0 Å². The van der Waals surface area contributed by atoms with Gasteiger partial charge in [-0.3, -0.25) is 0 Å². The molecule has 6 heteroatoms. The number of thiol groups is 1. The van der Waals surface area contributed by atoms with E-state index < -0.39 is 5.97 Å². The third kappa shape index (κ3) is 6.18. The Labute approximate surface area is 240 Å². The molecule has 2 aliphatic rings. The van der Waals surface area contributed by atoms with Gasteiger partial charge in [0.15, 0.2) is 6.61 Å². The third-order valence-corrected chi connectivity index (χ3v) is 8.19. The van der Waals surface area contributed by atoms with Crippen LogP contribution in [0.2, 0.25) is 0 Å². The van der Waals surface area contributed by atoms with Crippen LogP contribution in [0.15, 0.2) is 89.8 Å². The molecule has 1 saturated carbocycles.